The lowest BCUT2D eigenvalue weighted by Crippen LogP contribution is -2.48. The number of carbonyl (C=O) groups excluding carboxylic acids is 2. The van der Waals surface area contributed by atoms with Crippen LogP contribution >= 0.6 is 23.4 Å². The van der Waals surface area contributed by atoms with E-state index in [0.29, 0.717) is 17.3 Å². The van der Waals surface area contributed by atoms with Gasteiger partial charge in [-0.25, -0.2) is 4.39 Å². The Balaban J connectivity index is 2.03. The molecule has 7 heteroatoms. The first-order valence-corrected chi connectivity index (χ1v) is 10.6. The van der Waals surface area contributed by atoms with Crippen molar-refractivity contribution in [3.8, 4) is 0 Å². The monoisotopic (exact) mass is 422 g/mol. The summed E-state index contributed by atoms with van der Waals surface area (Å²) in [6.45, 7) is 4.28. The van der Waals surface area contributed by atoms with Gasteiger partial charge >= 0.3 is 0 Å². The summed E-state index contributed by atoms with van der Waals surface area (Å²) in [6.07, 6.45) is 0. The number of benzene rings is 2. The van der Waals surface area contributed by atoms with Crippen LogP contribution in [0.15, 0.2) is 48.5 Å². The summed E-state index contributed by atoms with van der Waals surface area (Å²) < 4.78 is 13.2. The number of amides is 2. The minimum absolute atomic E-state index is 0.137. The van der Waals surface area contributed by atoms with Gasteiger partial charge in [-0.1, -0.05) is 35.9 Å². The molecular weight excluding hydrogens is 399 g/mol. The van der Waals surface area contributed by atoms with E-state index in [1.807, 2.05) is 31.2 Å². The van der Waals surface area contributed by atoms with E-state index in [2.05, 4.69) is 5.32 Å². The van der Waals surface area contributed by atoms with E-state index in [4.69, 9.17) is 11.6 Å². The van der Waals surface area contributed by atoms with Gasteiger partial charge in [0.15, 0.2) is 0 Å². The minimum atomic E-state index is -0.617. The van der Waals surface area contributed by atoms with E-state index in [9.17, 15) is 14.0 Å². The molecule has 0 aliphatic rings. The van der Waals surface area contributed by atoms with Crippen molar-refractivity contribution in [2.24, 2.45) is 0 Å². The lowest BCUT2D eigenvalue weighted by atomic mass is 10.1. The summed E-state index contributed by atoms with van der Waals surface area (Å²) in [4.78, 5) is 26.6. The van der Waals surface area contributed by atoms with Gasteiger partial charge in [-0.05, 0) is 49.2 Å². The third kappa shape index (κ3) is 6.84. The van der Waals surface area contributed by atoms with Crippen molar-refractivity contribution in [2.45, 2.75) is 32.2 Å². The van der Waals surface area contributed by atoms with Crippen molar-refractivity contribution in [3.05, 3.63) is 70.5 Å². The number of halogens is 2. The maximum atomic E-state index is 13.2. The molecule has 0 saturated carbocycles. The molecule has 0 fully saturated rings. The van der Waals surface area contributed by atoms with Crippen LogP contribution in [0.25, 0.3) is 0 Å². The predicted molar refractivity (Wildman–Crippen MR) is 113 cm³/mol. The molecule has 2 rings (SSSR count). The fraction of sp³-hybridized carbons (Fsp3) is 0.333. The lowest BCUT2D eigenvalue weighted by molar-refractivity contribution is -0.138. The molecule has 0 heterocycles. The molecule has 1 N–H and O–H groups in total. The molecule has 0 aliphatic carbocycles. The van der Waals surface area contributed by atoms with Crippen LogP contribution in [0, 0.1) is 5.82 Å². The summed E-state index contributed by atoms with van der Waals surface area (Å²) in [5.74, 6) is 0.232. The van der Waals surface area contributed by atoms with Gasteiger partial charge in [0.25, 0.3) is 0 Å². The zero-order valence-corrected chi connectivity index (χ0v) is 17.5. The van der Waals surface area contributed by atoms with Crippen LogP contribution in [-0.4, -0.2) is 35.1 Å². The first-order valence-electron chi connectivity index (χ1n) is 9.04. The van der Waals surface area contributed by atoms with Crippen molar-refractivity contribution < 1.29 is 14.0 Å². The molecule has 2 amide bonds. The van der Waals surface area contributed by atoms with Gasteiger partial charge in [-0.2, -0.15) is 0 Å². The molecular formula is C21H24ClFN2O2S. The number of nitrogens with zero attached hydrogens (tertiary/aromatic N) is 1. The average molecular weight is 423 g/mol. The van der Waals surface area contributed by atoms with Crippen LogP contribution in [0.2, 0.25) is 5.02 Å². The zero-order chi connectivity index (χ0) is 20.5. The minimum Gasteiger partial charge on any atom is -0.355 e. The molecule has 0 unspecified atom stereocenters. The average Bonchev–Trinajstić information content (AvgIpc) is 2.68. The van der Waals surface area contributed by atoms with Crippen LogP contribution in [0.3, 0.4) is 0 Å². The molecule has 0 aliphatic heterocycles. The third-order valence-electron chi connectivity index (χ3n) is 4.19. The largest absolute Gasteiger partial charge is 0.355 e. The zero-order valence-electron chi connectivity index (χ0n) is 16.0. The van der Waals surface area contributed by atoms with Gasteiger partial charge in [0.05, 0.1) is 5.75 Å². The van der Waals surface area contributed by atoms with Crippen LogP contribution in [0.4, 0.5) is 4.39 Å². The second kappa shape index (κ2) is 11.1. The number of hydrogen-bond donors (Lipinski definition) is 1. The number of thioether (sulfide) groups is 1. The molecule has 4 nitrogen and oxygen atoms in total. The highest BCUT2D eigenvalue weighted by Crippen LogP contribution is 2.18. The van der Waals surface area contributed by atoms with Crippen LogP contribution in [0.5, 0.6) is 0 Å². The van der Waals surface area contributed by atoms with E-state index in [1.54, 1.807) is 19.1 Å². The Morgan fingerprint density at radius 3 is 2.32 bits per heavy atom. The Labute approximate surface area is 174 Å². The van der Waals surface area contributed by atoms with Gasteiger partial charge in [0.2, 0.25) is 11.8 Å². The van der Waals surface area contributed by atoms with E-state index in [0.717, 1.165) is 11.1 Å². The summed E-state index contributed by atoms with van der Waals surface area (Å²) in [7, 11) is 0. The highest BCUT2D eigenvalue weighted by atomic mass is 35.5. The summed E-state index contributed by atoms with van der Waals surface area (Å²) in [5, 5.41) is 3.42. The second-order valence-corrected chi connectivity index (χ2v) is 7.76. The number of likely N-dealkylation sites (N-methyl/N-ethyl adjacent to an activating group) is 1. The molecule has 0 bridgehead atoms. The molecule has 28 heavy (non-hydrogen) atoms. The van der Waals surface area contributed by atoms with E-state index in [-0.39, 0.29) is 29.9 Å². The Kier molecular flexibility index (Phi) is 8.80. The summed E-state index contributed by atoms with van der Waals surface area (Å²) in [6, 6.07) is 12.8. The number of nitrogens with one attached hydrogen (secondary N) is 1. The van der Waals surface area contributed by atoms with Crippen molar-refractivity contribution >= 4 is 35.2 Å². The van der Waals surface area contributed by atoms with Crippen molar-refractivity contribution in [1.29, 1.82) is 0 Å². The van der Waals surface area contributed by atoms with Crippen LogP contribution in [0.1, 0.15) is 25.0 Å². The van der Waals surface area contributed by atoms with E-state index < -0.39 is 6.04 Å². The maximum absolute atomic E-state index is 13.2. The predicted octanol–water partition coefficient (Wildman–Crippen LogP) is 4.27. The molecule has 1 atom stereocenters. The Morgan fingerprint density at radius 1 is 1.11 bits per heavy atom. The topological polar surface area (TPSA) is 49.4 Å². The number of hydrogen-bond acceptors (Lipinski definition) is 3. The highest BCUT2D eigenvalue weighted by Gasteiger charge is 2.25. The third-order valence-corrected chi connectivity index (χ3v) is 5.43. The number of rotatable bonds is 9. The van der Waals surface area contributed by atoms with Crippen molar-refractivity contribution in [1.82, 2.24) is 10.2 Å². The first kappa shape index (κ1) is 22.2. The van der Waals surface area contributed by atoms with Crippen molar-refractivity contribution in [3.63, 3.8) is 0 Å². The molecule has 0 saturated heterocycles. The lowest BCUT2D eigenvalue weighted by Gasteiger charge is -2.28. The second-order valence-electron chi connectivity index (χ2n) is 6.34. The normalized spacial score (nSPS) is 11.7. The highest BCUT2D eigenvalue weighted by molar-refractivity contribution is 7.99. The Hall–Kier alpha value is -2.05. The van der Waals surface area contributed by atoms with Gasteiger partial charge in [0.1, 0.15) is 11.9 Å². The number of carbonyl (C=O) groups is 2. The molecule has 2 aromatic carbocycles. The SMILES string of the molecule is CCNC(=O)[C@H](C)N(Cc1ccc(F)cc1)C(=O)CSCc1ccc(Cl)cc1. The Bertz CT molecular complexity index is 784. The maximum Gasteiger partial charge on any atom is 0.242 e. The quantitative estimate of drug-likeness (QED) is 0.656. The fourth-order valence-corrected chi connectivity index (χ4v) is 3.61. The first-order chi connectivity index (χ1) is 13.4. The van der Waals surface area contributed by atoms with Gasteiger partial charge in [0, 0.05) is 23.9 Å². The van der Waals surface area contributed by atoms with Gasteiger partial charge < -0.3 is 10.2 Å². The standard InChI is InChI=1S/C21H24ClFN2O2S/c1-3-24-21(27)15(2)25(12-16-6-10-19(23)11-7-16)20(26)14-28-13-17-4-8-18(22)9-5-17/h4-11,15H,3,12-14H2,1-2H3,(H,24,27)/t15-/m0/s1. The van der Waals surface area contributed by atoms with Crippen LogP contribution < -0.4 is 5.32 Å². The Morgan fingerprint density at radius 2 is 1.71 bits per heavy atom. The molecule has 0 aromatic heterocycles. The summed E-state index contributed by atoms with van der Waals surface area (Å²) >= 11 is 7.36. The fourth-order valence-electron chi connectivity index (χ4n) is 2.61. The van der Waals surface area contributed by atoms with Crippen LogP contribution in [-0.2, 0) is 21.9 Å². The molecule has 0 spiro atoms. The summed E-state index contributed by atoms with van der Waals surface area (Å²) in [5.41, 5.74) is 1.85. The van der Waals surface area contributed by atoms with E-state index >= 15 is 0 Å². The molecule has 0 radical (unpaired) electrons. The van der Waals surface area contributed by atoms with E-state index in [1.165, 1.54) is 28.8 Å². The van der Waals surface area contributed by atoms with Gasteiger partial charge in [-0.3, -0.25) is 9.59 Å². The molecule has 2 aromatic rings. The smallest absolute Gasteiger partial charge is 0.242 e. The molecule has 150 valence electrons. The van der Waals surface area contributed by atoms with Gasteiger partial charge in [-0.15, -0.1) is 11.8 Å². The van der Waals surface area contributed by atoms with Crippen molar-refractivity contribution in [2.75, 3.05) is 12.3 Å².